The Balaban J connectivity index is 2.23. The number of aryl methyl sites for hydroxylation is 1. The van der Waals surface area contributed by atoms with Crippen molar-refractivity contribution < 1.29 is 0 Å². The average molecular weight is 254 g/mol. The zero-order chi connectivity index (χ0) is 10.1. The van der Waals surface area contributed by atoms with Crippen LogP contribution in [0.4, 0.5) is 0 Å². The van der Waals surface area contributed by atoms with Crippen LogP contribution in [0.1, 0.15) is 17.5 Å². The molecule has 0 saturated heterocycles. The summed E-state index contributed by atoms with van der Waals surface area (Å²) in [5.41, 5.74) is 3.05. The first-order valence-electron chi connectivity index (χ1n) is 5.10. The molecule has 0 bridgehead atoms. The quantitative estimate of drug-likeness (QED) is 0.744. The highest BCUT2D eigenvalue weighted by atomic mass is 79.9. The van der Waals surface area contributed by atoms with E-state index in [1.54, 1.807) is 0 Å². The third-order valence-corrected chi connectivity index (χ3v) is 3.59. The predicted molar refractivity (Wildman–Crippen MR) is 63.6 cm³/mol. The molecule has 2 rings (SSSR count). The van der Waals surface area contributed by atoms with Crippen LogP contribution in [0.2, 0.25) is 0 Å². The molecule has 1 aromatic rings. The summed E-state index contributed by atoms with van der Waals surface area (Å²) in [6.45, 7) is 0. The van der Waals surface area contributed by atoms with Crippen molar-refractivity contribution in [2.24, 2.45) is 0 Å². The molecule has 1 atom stereocenters. The van der Waals surface area contributed by atoms with Gasteiger partial charge in [0.2, 0.25) is 0 Å². The van der Waals surface area contributed by atoms with Crippen molar-refractivity contribution in [3.8, 4) is 0 Å². The molecule has 1 aromatic carbocycles. The zero-order valence-corrected chi connectivity index (χ0v) is 10.3. The zero-order valence-electron chi connectivity index (χ0n) is 8.76. The number of nitrogens with zero attached hydrogens (tertiary/aromatic N) is 1. The fraction of sp³-hybridized carbons (Fsp3) is 0.500. The van der Waals surface area contributed by atoms with Gasteiger partial charge in [-0.3, -0.25) is 0 Å². The molecule has 0 aliphatic heterocycles. The topological polar surface area (TPSA) is 3.24 Å². The van der Waals surface area contributed by atoms with Gasteiger partial charge in [0, 0.05) is 10.5 Å². The average Bonchev–Trinajstić information content (AvgIpc) is 2.16. The SMILES string of the molecule is CN(C)C1CCc2cc(Br)ccc2C1. The van der Waals surface area contributed by atoms with Crippen molar-refractivity contribution >= 4 is 15.9 Å². The van der Waals surface area contributed by atoms with Crippen molar-refractivity contribution in [3.63, 3.8) is 0 Å². The van der Waals surface area contributed by atoms with E-state index in [-0.39, 0.29) is 0 Å². The highest BCUT2D eigenvalue weighted by Gasteiger charge is 2.19. The summed E-state index contributed by atoms with van der Waals surface area (Å²) in [4.78, 5) is 2.34. The van der Waals surface area contributed by atoms with Crippen LogP contribution in [0.5, 0.6) is 0 Å². The van der Waals surface area contributed by atoms with Gasteiger partial charge >= 0.3 is 0 Å². The number of fused-ring (bicyclic) bond motifs is 1. The van der Waals surface area contributed by atoms with Crippen LogP contribution in [0, 0.1) is 0 Å². The molecule has 76 valence electrons. The molecular weight excluding hydrogens is 238 g/mol. The first-order chi connectivity index (χ1) is 6.66. The molecule has 2 heteroatoms. The summed E-state index contributed by atoms with van der Waals surface area (Å²) in [5.74, 6) is 0. The Bertz CT molecular complexity index is 333. The summed E-state index contributed by atoms with van der Waals surface area (Å²) in [6, 6.07) is 7.40. The van der Waals surface area contributed by atoms with Crippen molar-refractivity contribution in [1.29, 1.82) is 0 Å². The van der Waals surface area contributed by atoms with Crippen molar-refractivity contribution in [1.82, 2.24) is 4.90 Å². The lowest BCUT2D eigenvalue weighted by atomic mass is 9.88. The van der Waals surface area contributed by atoms with Crippen LogP contribution in [-0.4, -0.2) is 25.0 Å². The number of likely N-dealkylation sites (N-methyl/N-ethyl adjacent to an activating group) is 1. The molecular formula is C12H16BrN. The molecule has 1 aliphatic carbocycles. The summed E-state index contributed by atoms with van der Waals surface area (Å²) >= 11 is 3.52. The Labute approximate surface area is 94.2 Å². The minimum Gasteiger partial charge on any atom is -0.306 e. The standard InChI is InChI=1S/C12H16BrN/c1-14(2)12-6-4-9-7-11(13)5-3-10(9)8-12/h3,5,7,12H,4,6,8H2,1-2H3. The van der Waals surface area contributed by atoms with Crippen LogP contribution in [0.3, 0.4) is 0 Å². The summed E-state index contributed by atoms with van der Waals surface area (Å²) in [5, 5.41) is 0. The van der Waals surface area contributed by atoms with Crippen LogP contribution in [-0.2, 0) is 12.8 Å². The lowest BCUT2D eigenvalue weighted by molar-refractivity contribution is 0.268. The number of benzene rings is 1. The second-order valence-corrected chi connectivity index (χ2v) is 5.19. The smallest absolute Gasteiger partial charge is 0.0178 e. The van der Waals surface area contributed by atoms with E-state index in [2.05, 4.69) is 53.1 Å². The molecule has 1 unspecified atom stereocenters. The largest absolute Gasteiger partial charge is 0.306 e. The lowest BCUT2D eigenvalue weighted by Crippen LogP contribution is -2.33. The third-order valence-electron chi connectivity index (χ3n) is 3.10. The van der Waals surface area contributed by atoms with Gasteiger partial charge in [-0.1, -0.05) is 22.0 Å². The molecule has 0 heterocycles. The Morgan fingerprint density at radius 2 is 2.07 bits per heavy atom. The van der Waals surface area contributed by atoms with Gasteiger partial charge in [-0.2, -0.15) is 0 Å². The summed E-state index contributed by atoms with van der Waals surface area (Å²) in [7, 11) is 4.35. The van der Waals surface area contributed by atoms with Gasteiger partial charge in [-0.25, -0.2) is 0 Å². The Morgan fingerprint density at radius 3 is 2.79 bits per heavy atom. The maximum absolute atomic E-state index is 3.52. The van der Waals surface area contributed by atoms with Gasteiger partial charge in [-0.05, 0) is 56.6 Å². The molecule has 14 heavy (non-hydrogen) atoms. The molecule has 1 nitrogen and oxygen atoms in total. The van der Waals surface area contributed by atoms with Gasteiger partial charge in [0.25, 0.3) is 0 Å². The van der Waals surface area contributed by atoms with Crippen molar-refractivity contribution in [3.05, 3.63) is 33.8 Å². The number of hydrogen-bond donors (Lipinski definition) is 0. The van der Waals surface area contributed by atoms with Crippen LogP contribution < -0.4 is 0 Å². The summed E-state index contributed by atoms with van der Waals surface area (Å²) in [6.07, 6.45) is 3.71. The molecule has 1 aliphatic rings. The molecule has 0 saturated carbocycles. The minimum absolute atomic E-state index is 0.726. The molecule has 0 spiro atoms. The Hall–Kier alpha value is -0.340. The minimum atomic E-state index is 0.726. The molecule has 0 fully saturated rings. The van der Waals surface area contributed by atoms with E-state index in [4.69, 9.17) is 0 Å². The molecule has 0 radical (unpaired) electrons. The van der Waals surface area contributed by atoms with Crippen molar-refractivity contribution in [2.45, 2.75) is 25.3 Å². The van der Waals surface area contributed by atoms with Gasteiger partial charge in [0.15, 0.2) is 0 Å². The Kier molecular flexibility index (Phi) is 2.93. The van der Waals surface area contributed by atoms with E-state index in [9.17, 15) is 0 Å². The van der Waals surface area contributed by atoms with Gasteiger partial charge in [0.05, 0.1) is 0 Å². The Morgan fingerprint density at radius 1 is 1.29 bits per heavy atom. The maximum Gasteiger partial charge on any atom is 0.0178 e. The first-order valence-corrected chi connectivity index (χ1v) is 5.90. The van der Waals surface area contributed by atoms with E-state index < -0.39 is 0 Å². The van der Waals surface area contributed by atoms with Crippen LogP contribution >= 0.6 is 15.9 Å². The maximum atomic E-state index is 3.52. The molecule has 0 N–H and O–H groups in total. The highest BCUT2D eigenvalue weighted by molar-refractivity contribution is 9.10. The van der Waals surface area contributed by atoms with E-state index in [0.717, 1.165) is 6.04 Å². The number of hydrogen-bond acceptors (Lipinski definition) is 1. The van der Waals surface area contributed by atoms with Gasteiger partial charge in [0.1, 0.15) is 0 Å². The van der Waals surface area contributed by atoms with Crippen molar-refractivity contribution in [2.75, 3.05) is 14.1 Å². The monoisotopic (exact) mass is 253 g/mol. The first kappa shape index (κ1) is 10.2. The molecule has 0 aromatic heterocycles. The predicted octanol–water partition coefficient (Wildman–Crippen LogP) is 2.87. The normalized spacial score (nSPS) is 21.0. The summed E-state index contributed by atoms with van der Waals surface area (Å²) < 4.78 is 1.21. The van der Waals surface area contributed by atoms with E-state index >= 15 is 0 Å². The van der Waals surface area contributed by atoms with Crippen LogP contribution in [0.25, 0.3) is 0 Å². The van der Waals surface area contributed by atoms with E-state index in [1.165, 1.54) is 34.9 Å². The van der Waals surface area contributed by atoms with E-state index in [1.807, 2.05) is 0 Å². The van der Waals surface area contributed by atoms with Gasteiger partial charge in [-0.15, -0.1) is 0 Å². The van der Waals surface area contributed by atoms with Crippen LogP contribution in [0.15, 0.2) is 22.7 Å². The van der Waals surface area contributed by atoms with E-state index in [0.29, 0.717) is 0 Å². The second kappa shape index (κ2) is 4.03. The number of halogens is 1. The number of rotatable bonds is 1. The lowest BCUT2D eigenvalue weighted by Gasteiger charge is -2.29. The fourth-order valence-electron chi connectivity index (χ4n) is 2.15. The fourth-order valence-corrected chi connectivity index (χ4v) is 2.55. The van der Waals surface area contributed by atoms with Gasteiger partial charge < -0.3 is 4.90 Å². The highest BCUT2D eigenvalue weighted by Crippen LogP contribution is 2.26. The third kappa shape index (κ3) is 2.01. The second-order valence-electron chi connectivity index (χ2n) is 4.27. The molecule has 0 amide bonds.